The summed E-state index contributed by atoms with van der Waals surface area (Å²) in [6.45, 7) is 1.64. The molecular weight excluding hydrogens is 364 g/mol. The number of carbonyl (C=O) groups excluding carboxylic acids is 2. The van der Waals surface area contributed by atoms with Gasteiger partial charge in [0.05, 0.1) is 42.1 Å². The Morgan fingerprint density at radius 1 is 1.23 bits per heavy atom. The monoisotopic (exact) mass is 380 g/mol. The van der Waals surface area contributed by atoms with E-state index >= 15 is 0 Å². The Hall–Kier alpha value is -2.87. The first-order valence-corrected chi connectivity index (χ1v) is 8.06. The third kappa shape index (κ3) is 3.55. The molecule has 0 saturated carbocycles. The lowest BCUT2D eigenvalue weighted by Gasteiger charge is -2.30. The molecule has 0 fully saturated rings. The standard InChI is InChI=1S/C17H17ClN2O6/c1-9-13(16(21)25-2)14(10-5-4-6-11(7-10)20(23)24)15(17(22)26-3)12(8-18)19-9/h4-7,14,19H,8H2,1-3H3. The van der Waals surface area contributed by atoms with Gasteiger partial charge in [-0.05, 0) is 12.5 Å². The van der Waals surface area contributed by atoms with Gasteiger partial charge in [-0.25, -0.2) is 9.59 Å². The second kappa shape index (κ2) is 8.01. The van der Waals surface area contributed by atoms with Gasteiger partial charge in [-0.3, -0.25) is 10.1 Å². The highest BCUT2D eigenvalue weighted by Gasteiger charge is 2.38. The van der Waals surface area contributed by atoms with E-state index in [-0.39, 0.29) is 22.7 Å². The van der Waals surface area contributed by atoms with Gasteiger partial charge in [0.2, 0.25) is 0 Å². The number of dihydropyridines is 1. The number of nitrogens with one attached hydrogen (secondary N) is 1. The summed E-state index contributed by atoms with van der Waals surface area (Å²) in [6.07, 6.45) is 0. The lowest BCUT2D eigenvalue weighted by molar-refractivity contribution is -0.384. The van der Waals surface area contributed by atoms with Crippen LogP contribution in [-0.2, 0) is 19.1 Å². The molecule has 1 N–H and O–H groups in total. The molecule has 0 spiro atoms. The minimum absolute atomic E-state index is 0.0400. The van der Waals surface area contributed by atoms with E-state index < -0.39 is 22.8 Å². The first-order valence-electron chi connectivity index (χ1n) is 7.53. The second-order valence-corrected chi connectivity index (χ2v) is 5.73. The van der Waals surface area contributed by atoms with Gasteiger partial charge in [-0.2, -0.15) is 0 Å². The minimum atomic E-state index is -0.912. The van der Waals surface area contributed by atoms with E-state index in [0.29, 0.717) is 17.0 Å². The highest BCUT2D eigenvalue weighted by atomic mass is 35.5. The Balaban J connectivity index is 2.76. The molecule has 1 aromatic carbocycles. The normalized spacial score (nSPS) is 16.8. The number of nitrogens with zero attached hydrogens (tertiary/aromatic N) is 1. The summed E-state index contributed by atoms with van der Waals surface area (Å²) in [6, 6.07) is 5.70. The number of hydrogen-bond donors (Lipinski definition) is 1. The number of nitro groups is 1. The summed E-state index contributed by atoms with van der Waals surface area (Å²) >= 11 is 5.96. The number of methoxy groups -OCH3 is 2. The summed E-state index contributed by atoms with van der Waals surface area (Å²) in [7, 11) is 2.42. The Labute approximate surface area is 154 Å². The molecule has 26 heavy (non-hydrogen) atoms. The van der Waals surface area contributed by atoms with Crippen LogP contribution >= 0.6 is 11.6 Å². The number of carbonyl (C=O) groups is 2. The van der Waals surface area contributed by atoms with Crippen LogP contribution in [0.25, 0.3) is 0 Å². The van der Waals surface area contributed by atoms with Gasteiger partial charge < -0.3 is 14.8 Å². The van der Waals surface area contributed by atoms with Crippen LogP contribution in [0, 0.1) is 10.1 Å². The molecule has 138 valence electrons. The van der Waals surface area contributed by atoms with E-state index in [2.05, 4.69) is 5.32 Å². The molecule has 2 rings (SSSR count). The summed E-state index contributed by atoms with van der Waals surface area (Å²) in [5.74, 6) is -2.31. The van der Waals surface area contributed by atoms with E-state index in [1.165, 1.54) is 32.4 Å². The number of hydrogen-bond acceptors (Lipinski definition) is 7. The van der Waals surface area contributed by atoms with Crippen LogP contribution in [0.15, 0.2) is 46.8 Å². The Bertz CT molecular complexity index is 830. The van der Waals surface area contributed by atoms with Crippen LogP contribution in [-0.4, -0.2) is 37.0 Å². The molecule has 0 aliphatic carbocycles. The number of rotatable bonds is 5. The van der Waals surface area contributed by atoms with Crippen molar-refractivity contribution in [2.45, 2.75) is 12.8 Å². The maximum absolute atomic E-state index is 12.4. The molecule has 0 radical (unpaired) electrons. The third-order valence-electron chi connectivity index (χ3n) is 4.00. The van der Waals surface area contributed by atoms with Crippen molar-refractivity contribution in [3.05, 3.63) is 62.5 Å². The van der Waals surface area contributed by atoms with Crippen molar-refractivity contribution in [2.75, 3.05) is 20.1 Å². The quantitative estimate of drug-likeness (QED) is 0.361. The maximum atomic E-state index is 12.4. The topological polar surface area (TPSA) is 108 Å². The van der Waals surface area contributed by atoms with E-state index in [9.17, 15) is 19.7 Å². The molecule has 0 amide bonds. The molecule has 1 heterocycles. The summed E-state index contributed by atoms with van der Waals surface area (Å²) < 4.78 is 9.69. The lowest BCUT2D eigenvalue weighted by Crippen LogP contribution is -2.33. The van der Waals surface area contributed by atoms with Crippen molar-refractivity contribution >= 4 is 29.2 Å². The first-order chi connectivity index (χ1) is 12.3. The zero-order chi connectivity index (χ0) is 19.4. The molecule has 1 unspecified atom stereocenters. The van der Waals surface area contributed by atoms with Crippen LogP contribution in [0.4, 0.5) is 5.69 Å². The smallest absolute Gasteiger partial charge is 0.336 e. The number of non-ortho nitro benzene ring substituents is 1. The zero-order valence-electron chi connectivity index (χ0n) is 14.4. The van der Waals surface area contributed by atoms with Crippen molar-refractivity contribution < 1.29 is 24.0 Å². The fraction of sp³-hybridized carbons (Fsp3) is 0.294. The molecule has 1 atom stereocenters. The molecule has 0 bridgehead atoms. The van der Waals surface area contributed by atoms with Gasteiger partial charge in [0, 0.05) is 23.5 Å². The molecule has 9 heteroatoms. The van der Waals surface area contributed by atoms with Crippen LogP contribution in [0.2, 0.25) is 0 Å². The average molecular weight is 381 g/mol. The minimum Gasteiger partial charge on any atom is -0.466 e. The molecular formula is C17H17ClN2O6. The predicted octanol–water partition coefficient (Wildman–Crippen LogP) is 2.39. The Morgan fingerprint density at radius 3 is 2.38 bits per heavy atom. The van der Waals surface area contributed by atoms with Crippen LogP contribution < -0.4 is 5.32 Å². The number of halogens is 1. The van der Waals surface area contributed by atoms with E-state index in [1.54, 1.807) is 13.0 Å². The van der Waals surface area contributed by atoms with Gasteiger partial charge in [0.25, 0.3) is 5.69 Å². The fourth-order valence-corrected chi connectivity index (χ4v) is 3.10. The van der Waals surface area contributed by atoms with Crippen LogP contribution in [0.5, 0.6) is 0 Å². The van der Waals surface area contributed by atoms with Crippen molar-refractivity contribution in [3.63, 3.8) is 0 Å². The number of allylic oxidation sites excluding steroid dienone is 2. The van der Waals surface area contributed by atoms with Crippen molar-refractivity contribution in [1.29, 1.82) is 0 Å². The zero-order valence-corrected chi connectivity index (χ0v) is 15.1. The highest BCUT2D eigenvalue weighted by Crippen LogP contribution is 2.40. The van der Waals surface area contributed by atoms with Crippen LogP contribution in [0.1, 0.15) is 18.4 Å². The third-order valence-corrected chi connectivity index (χ3v) is 4.27. The number of alkyl halides is 1. The summed E-state index contributed by atoms with van der Waals surface area (Å²) in [5.41, 5.74) is 1.27. The number of benzene rings is 1. The van der Waals surface area contributed by atoms with Crippen molar-refractivity contribution in [2.24, 2.45) is 0 Å². The van der Waals surface area contributed by atoms with Gasteiger partial charge >= 0.3 is 11.9 Å². The predicted molar refractivity (Wildman–Crippen MR) is 93.5 cm³/mol. The van der Waals surface area contributed by atoms with Crippen molar-refractivity contribution in [3.8, 4) is 0 Å². The first kappa shape index (κ1) is 19.5. The molecule has 1 aliphatic heterocycles. The van der Waals surface area contributed by atoms with E-state index in [1.807, 2.05) is 0 Å². The molecule has 1 aromatic rings. The molecule has 0 saturated heterocycles. The van der Waals surface area contributed by atoms with Crippen molar-refractivity contribution in [1.82, 2.24) is 5.32 Å². The summed E-state index contributed by atoms with van der Waals surface area (Å²) in [5, 5.41) is 14.1. The fourth-order valence-electron chi connectivity index (χ4n) is 2.88. The molecule has 1 aliphatic rings. The SMILES string of the molecule is COC(=O)C1=C(C)NC(CCl)=C(C(=O)OC)C1c1cccc([N+](=O)[O-])c1. The van der Waals surface area contributed by atoms with Gasteiger partial charge in [0.15, 0.2) is 0 Å². The number of nitro benzene ring substituents is 1. The highest BCUT2D eigenvalue weighted by molar-refractivity contribution is 6.20. The van der Waals surface area contributed by atoms with Gasteiger partial charge in [0.1, 0.15) is 0 Å². The summed E-state index contributed by atoms with van der Waals surface area (Å²) in [4.78, 5) is 35.4. The number of ether oxygens (including phenoxy) is 2. The van der Waals surface area contributed by atoms with E-state index in [0.717, 1.165) is 0 Å². The Morgan fingerprint density at radius 2 is 1.85 bits per heavy atom. The molecule has 0 aromatic heterocycles. The number of esters is 2. The lowest BCUT2D eigenvalue weighted by atomic mass is 9.80. The average Bonchev–Trinajstić information content (AvgIpc) is 2.65. The van der Waals surface area contributed by atoms with Gasteiger partial charge in [-0.15, -0.1) is 11.6 Å². The molecule has 8 nitrogen and oxygen atoms in total. The van der Waals surface area contributed by atoms with Crippen LogP contribution in [0.3, 0.4) is 0 Å². The van der Waals surface area contributed by atoms with E-state index in [4.69, 9.17) is 21.1 Å². The Kier molecular flexibility index (Phi) is 5.99. The largest absolute Gasteiger partial charge is 0.466 e. The van der Waals surface area contributed by atoms with Gasteiger partial charge in [-0.1, -0.05) is 12.1 Å². The second-order valence-electron chi connectivity index (χ2n) is 5.46. The maximum Gasteiger partial charge on any atom is 0.336 e.